The van der Waals surface area contributed by atoms with Crippen molar-refractivity contribution in [2.75, 3.05) is 0 Å². The van der Waals surface area contributed by atoms with E-state index >= 15 is 0 Å². The molecule has 0 unspecified atom stereocenters. The topological polar surface area (TPSA) is 53.1 Å². The number of allylic oxidation sites excluding steroid dienone is 1. The summed E-state index contributed by atoms with van der Waals surface area (Å²) >= 11 is 0. The molecular weight excluding hydrogens is 212 g/mol. The third-order valence-corrected chi connectivity index (χ3v) is 3.26. The largest absolute Gasteiger partial charge is 0.343 e. The summed E-state index contributed by atoms with van der Waals surface area (Å²) in [6.45, 7) is 0. The molecule has 1 aromatic carbocycles. The molecule has 0 radical (unpaired) electrons. The fourth-order valence-corrected chi connectivity index (χ4v) is 2.11. The number of H-pyrrole nitrogens is 1. The predicted octanol–water partition coefficient (Wildman–Crippen LogP) is 2.49. The van der Waals surface area contributed by atoms with Crippen molar-refractivity contribution in [2.24, 2.45) is 10.9 Å². The summed E-state index contributed by atoms with van der Waals surface area (Å²) in [5.74, 6) is 2.45. The van der Waals surface area contributed by atoms with Crippen LogP contribution in [0.1, 0.15) is 12.8 Å². The van der Waals surface area contributed by atoms with Gasteiger partial charge >= 0.3 is 0 Å². The summed E-state index contributed by atoms with van der Waals surface area (Å²) in [5, 5.41) is 11.6. The lowest BCUT2D eigenvalue weighted by Gasteiger charge is -2.18. The van der Waals surface area contributed by atoms with Crippen molar-refractivity contribution in [1.82, 2.24) is 15.5 Å². The molecule has 0 saturated heterocycles. The highest BCUT2D eigenvalue weighted by Gasteiger charge is 2.30. The summed E-state index contributed by atoms with van der Waals surface area (Å²) in [7, 11) is 0. The van der Waals surface area contributed by atoms with Crippen molar-refractivity contribution in [3.8, 4) is 0 Å². The van der Waals surface area contributed by atoms with Crippen molar-refractivity contribution in [3.63, 3.8) is 0 Å². The molecule has 0 amide bonds. The lowest BCUT2D eigenvalue weighted by atomic mass is 10.2. The quantitative estimate of drug-likeness (QED) is 0.823. The Kier molecular flexibility index (Phi) is 1.69. The first kappa shape index (κ1) is 8.98. The van der Waals surface area contributed by atoms with E-state index in [0.29, 0.717) is 0 Å². The smallest absolute Gasteiger partial charge is 0.183 e. The van der Waals surface area contributed by atoms with E-state index in [4.69, 9.17) is 0 Å². The second-order valence-electron chi connectivity index (χ2n) is 4.59. The minimum atomic E-state index is 0.759. The van der Waals surface area contributed by atoms with Crippen LogP contribution in [0.4, 0.5) is 5.82 Å². The Bertz CT molecular complexity index is 646. The van der Waals surface area contributed by atoms with Crippen LogP contribution in [0.25, 0.3) is 10.9 Å². The first-order valence-electron chi connectivity index (χ1n) is 5.90. The van der Waals surface area contributed by atoms with E-state index in [1.54, 1.807) is 0 Å². The van der Waals surface area contributed by atoms with Gasteiger partial charge in [-0.05, 0) is 30.9 Å². The number of fused-ring (bicyclic) bond motifs is 1. The average Bonchev–Trinajstić information content (AvgIpc) is 3.05. The van der Waals surface area contributed by atoms with Gasteiger partial charge in [-0.1, -0.05) is 12.1 Å². The highest BCUT2D eigenvalue weighted by atomic mass is 15.2. The molecule has 1 aliphatic carbocycles. The van der Waals surface area contributed by atoms with E-state index in [1.807, 2.05) is 24.3 Å². The van der Waals surface area contributed by atoms with Crippen molar-refractivity contribution >= 4 is 22.6 Å². The second-order valence-corrected chi connectivity index (χ2v) is 4.59. The van der Waals surface area contributed by atoms with Crippen LogP contribution in [-0.2, 0) is 0 Å². The van der Waals surface area contributed by atoms with Crippen molar-refractivity contribution in [1.29, 1.82) is 0 Å². The zero-order valence-corrected chi connectivity index (χ0v) is 9.27. The fraction of sp³-hybridized carbons (Fsp3) is 0.231. The number of benzene rings is 1. The summed E-state index contributed by atoms with van der Waals surface area (Å²) in [6.07, 6.45) is 4.76. The van der Waals surface area contributed by atoms with Gasteiger partial charge in [0.05, 0.1) is 5.52 Å². The molecule has 4 heteroatoms. The van der Waals surface area contributed by atoms with Gasteiger partial charge in [0.15, 0.2) is 5.82 Å². The van der Waals surface area contributed by atoms with Gasteiger partial charge in [-0.25, -0.2) is 4.99 Å². The van der Waals surface area contributed by atoms with E-state index in [0.717, 1.165) is 28.5 Å². The predicted molar refractivity (Wildman–Crippen MR) is 67.1 cm³/mol. The van der Waals surface area contributed by atoms with Crippen LogP contribution in [0.3, 0.4) is 0 Å². The van der Waals surface area contributed by atoms with Gasteiger partial charge in [-0.15, -0.1) is 0 Å². The maximum Gasteiger partial charge on any atom is 0.183 e. The number of rotatable bonds is 2. The molecule has 2 aliphatic rings. The molecule has 1 saturated carbocycles. The van der Waals surface area contributed by atoms with Crippen LogP contribution in [0.2, 0.25) is 0 Å². The van der Waals surface area contributed by atoms with Crippen molar-refractivity contribution in [3.05, 3.63) is 36.0 Å². The molecule has 2 N–H and O–H groups in total. The number of aromatic amines is 1. The van der Waals surface area contributed by atoms with Crippen LogP contribution in [0.15, 0.2) is 41.0 Å². The van der Waals surface area contributed by atoms with Gasteiger partial charge in [0, 0.05) is 17.2 Å². The van der Waals surface area contributed by atoms with E-state index in [-0.39, 0.29) is 0 Å². The molecule has 1 fully saturated rings. The Labute approximate surface area is 98.4 Å². The van der Waals surface area contributed by atoms with Crippen LogP contribution in [0.5, 0.6) is 0 Å². The summed E-state index contributed by atoms with van der Waals surface area (Å²) in [4.78, 5) is 4.50. The third-order valence-electron chi connectivity index (χ3n) is 3.26. The monoisotopic (exact) mass is 224 g/mol. The lowest BCUT2D eigenvalue weighted by molar-refractivity contribution is 0.875. The molecule has 84 valence electrons. The van der Waals surface area contributed by atoms with Crippen molar-refractivity contribution in [2.45, 2.75) is 12.8 Å². The van der Waals surface area contributed by atoms with E-state index in [9.17, 15) is 0 Å². The lowest BCUT2D eigenvalue weighted by Crippen LogP contribution is -2.32. The summed E-state index contributed by atoms with van der Waals surface area (Å²) < 4.78 is 0. The Morgan fingerprint density at radius 3 is 2.88 bits per heavy atom. The van der Waals surface area contributed by atoms with Gasteiger partial charge in [-0.3, -0.25) is 5.10 Å². The van der Waals surface area contributed by atoms with Crippen LogP contribution < -0.4 is 5.32 Å². The molecule has 2 heterocycles. The maximum atomic E-state index is 4.50. The van der Waals surface area contributed by atoms with Gasteiger partial charge < -0.3 is 5.32 Å². The number of nitrogens with one attached hydrogen (secondary N) is 2. The van der Waals surface area contributed by atoms with Crippen LogP contribution >= 0.6 is 0 Å². The Morgan fingerprint density at radius 2 is 2.06 bits per heavy atom. The van der Waals surface area contributed by atoms with Crippen LogP contribution in [-0.4, -0.2) is 16.0 Å². The first-order valence-corrected chi connectivity index (χ1v) is 5.90. The van der Waals surface area contributed by atoms with Gasteiger partial charge in [0.25, 0.3) is 0 Å². The zero-order chi connectivity index (χ0) is 11.2. The van der Waals surface area contributed by atoms with Crippen molar-refractivity contribution < 1.29 is 0 Å². The van der Waals surface area contributed by atoms with Gasteiger partial charge in [-0.2, -0.15) is 5.10 Å². The number of para-hydroxylation sites is 1. The highest BCUT2D eigenvalue weighted by Crippen LogP contribution is 2.37. The minimum absolute atomic E-state index is 0.759. The second kappa shape index (κ2) is 3.20. The summed E-state index contributed by atoms with van der Waals surface area (Å²) in [5.41, 5.74) is 2.36. The van der Waals surface area contributed by atoms with E-state index in [2.05, 4.69) is 26.6 Å². The van der Waals surface area contributed by atoms with E-state index < -0.39 is 0 Å². The normalized spacial score (nSPS) is 21.2. The Morgan fingerprint density at radius 1 is 1.24 bits per heavy atom. The Hall–Kier alpha value is -2.10. The standard InChI is InChI=1S/C13H12N4/c1-2-4-10-9(3-1)13(17-16-10)15-12-7-11(14-12)8-5-6-8/h1-4,7-8H,5-6H2,(H2,14,15,16,17). The van der Waals surface area contributed by atoms with Gasteiger partial charge in [0.1, 0.15) is 5.84 Å². The molecule has 1 aromatic heterocycles. The number of amidine groups is 1. The average molecular weight is 224 g/mol. The number of aromatic nitrogens is 2. The summed E-state index contributed by atoms with van der Waals surface area (Å²) in [6, 6.07) is 8.03. The molecule has 2 aromatic rings. The fourth-order valence-electron chi connectivity index (χ4n) is 2.11. The SMILES string of the molecule is C1=C(C2CC2)NC1=Nc1n[nH]c2ccccc12. The molecule has 0 bridgehead atoms. The third kappa shape index (κ3) is 1.45. The number of hydrogen-bond donors (Lipinski definition) is 2. The molecular formula is C13H12N4. The molecule has 1 aliphatic heterocycles. The molecule has 0 spiro atoms. The number of aliphatic imine (C=N–C) groups is 1. The number of hydrogen-bond acceptors (Lipinski definition) is 2. The van der Waals surface area contributed by atoms with Gasteiger partial charge in [0.2, 0.25) is 0 Å². The zero-order valence-electron chi connectivity index (χ0n) is 9.27. The molecule has 0 atom stereocenters. The molecule has 17 heavy (non-hydrogen) atoms. The number of nitrogens with zero attached hydrogens (tertiary/aromatic N) is 2. The first-order chi connectivity index (χ1) is 8.40. The molecule has 4 nitrogen and oxygen atoms in total. The van der Waals surface area contributed by atoms with E-state index in [1.165, 1.54) is 18.5 Å². The Balaban J connectivity index is 1.69. The highest BCUT2D eigenvalue weighted by molar-refractivity contribution is 6.04. The maximum absolute atomic E-state index is 4.50. The van der Waals surface area contributed by atoms with Crippen LogP contribution in [0, 0.1) is 5.92 Å². The molecule has 4 rings (SSSR count). The minimum Gasteiger partial charge on any atom is -0.343 e.